The van der Waals surface area contributed by atoms with Gasteiger partial charge in [-0.25, -0.2) is 4.79 Å². The van der Waals surface area contributed by atoms with Crippen LogP contribution in [0.4, 0.5) is 0 Å². The van der Waals surface area contributed by atoms with E-state index in [9.17, 15) is 9.90 Å². The van der Waals surface area contributed by atoms with E-state index in [0.717, 1.165) is 11.1 Å². The maximum atomic E-state index is 11.8. The number of aliphatic hydroxyl groups excluding tert-OH is 1. The third-order valence-corrected chi connectivity index (χ3v) is 3.56. The van der Waals surface area contributed by atoms with Gasteiger partial charge in [-0.2, -0.15) is 0 Å². The van der Waals surface area contributed by atoms with Crippen LogP contribution in [0.15, 0.2) is 85.0 Å². The van der Waals surface area contributed by atoms with E-state index in [2.05, 4.69) is 6.58 Å². The van der Waals surface area contributed by atoms with Crippen molar-refractivity contribution in [2.45, 2.75) is 18.9 Å². The molecule has 0 aliphatic carbocycles. The number of rotatable bonds is 8. The Bertz CT molecular complexity index is 675. The molecule has 2 rings (SSSR count). The highest BCUT2D eigenvalue weighted by atomic mass is 16.5. The first-order valence-corrected chi connectivity index (χ1v) is 7.96. The van der Waals surface area contributed by atoms with Gasteiger partial charge < -0.3 is 9.84 Å². The molecule has 1 atom stereocenters. The molecular weight excluding hydrogens is 300 g/mol. The summed E-state index contributed by atoms with van der Waals surface area (Å²) in [6.07, 6.45) is 4.32. The van der Waals surface area contributed by atoms with Crippen LogP contribution >= 0.6 is 0 Å². The Morgan fingerprint density at radius 2 is 1.71 bits per heavy atom. The first-order chi connectivity index (χ1) is 11.7. The second kappa shape index (κ2) is 9.48. The number of allylic oxidation sites excluding steroid dienone is 1. The molecule has 0 radical (unpaired) electrons. The smallest absolute Gasteiger partial charge is 0.338 e. The summed E-state index contributed by atoms with van der Waals surface area (Å²) < 4.78 is 5.21. The zero-order valence-electron chi connectivity index (χ0n) is 13.6. The number of esters is 1. The lowest BCUT2D eigenvalue weighted by molar-refractivity contribution is 0.0510. The fraction of sp³-hybridized carbons (Fsp3) is 0.190. The number of hydrogen-bond acceptors (Lipinski definition) is 3. The molecule has 2 aromatic carbocycles. The molecule has 0 heterocycles. The van der Waals surface area contributed by atoms with Crippen LogP contribution in [0.3, 0.4) is 0 Å². The minimum absolute atomic E-state index is 0.290. The number of ether oxygens (including phenoxy) is 1. The monoisotopic (exact) mass is 322 g/mol. The lowest BCUT2D eigenvalue weighted by Crippen LogP contribution is -2.06. The lowest BCUT2D eigenvalue weighted by Gasteiger charge is -2.08. The number of aliphatic hydroxyl groups is 1. The topological polar surface area (TPSA) is 46.5 Å². The summed E-state index contributed by atoms with van der Waals surface area (Å²) in [6.45, 7) is 4.22. The van der Waals surface area contributed by atoms with Crippen LogP contribution in [0.5, 0.6) is 0 Å². The molecule has 0 fully saturated rings. The van der Waals surface area contributed by atoms with Crippen molar-refractivity contribution in [2.75, 3.05) is 6.61 Å². The number of carbonyl (C=O) groups excluding carboxylic acids is 1. The molecule has 0 saturated carbocycles. The average Bonchev–Trinajstić information content (AvgIpc) is 2.63. The molecule has 0 aliphatic heterocycles. The summed E-state index contributed by atoms with van der Waals surface area (Å²) in [7, 11) is 0. The highest BCUT2D eigenvalue weighted by Crippen LogP contribution is 2.16. The van der Waals surface area contributed by atoms with Crippen molar-refractivity contribution < 1.29 is 14.6 Å². The van der Waals surface area contributed by atoms with Crippen LogP contribution in [-0.4, -0.2) is 17.7 Å². The Labute approximate surface area is 142 Å². The van der Waals surface area contributed by atoms with Gasteiger partial charge >= 0.3 is 5.97 Å². The highest BCUT2D eigenvalue weighted by molar-refractivity contribution is 5.89. The summed E-state index contributed by atoms with van der Waals surface area (Å²) in [4.78, 5) is 11.8. The molecule has 24 heavy (non-hydrogen) atoms. The first-order valence-electron chi connectivity index (χ1n) is 7.96. The molecule has 0 bridgehead atoms. The first kappa shape index (κ1) is 17.7. The zero-order chi connectivity index (χ0) is 17.2. The number of benzene rings is 2. The minimum atomic E-state index is -0.522. The summed E-state index contributed by atoms with van der Waals surface area (Å²) in [6, 6.07) is 18.4. The third kappa shape index (κ3) is 5.86. The van der Waals surface area contributed by atoms with Gasteiger partial charge in [0.05, 0.1) is 18.3 Å². The molecule has 0 amide bonds. The van der Waals surface area contributed by atoms with Gasteiger partial charge in [-0.15, -0.1) is 0 Å². The Morgan fingerprint density at radius 3 is 2.38 bits per heavy atom. The van der Waals surface area contributed by atoms with E-state index in [0.29, 0.717) is 18.4 Å². The van der Waals surface area contributed by atoms with E-state index in [4.69, 9.17) is 4.74 Å². The summed E-state index contributed by atoms with van der Waals surface area (Å²) >= 11 is 0. The van der Waals surface area contributed by atoms with Crippen molar-refractivity contribution in [1.82, 2.24) is 0 Å². The third-order valence-electron chi connectivity index (χ3n) is 3.56. The van der Waals surface area contributed by atoms with Gasteiger partial charge in [-0.1, -0.05) is 72.8 Å². The van der Waals surface area contributed by atoms with Crippen LogP contribution in [0, 0.1) is 0 Å². The van der Waals surface area contributed by atoms with Crippen LogP contribution in [0.25, 0.3) is 0 Å². The van der Waals surface area contributed by atoms with Crippen LogP contribution in [-0.2, 0) is 4.74 Å². The second-order valence-corrected chi connectivity index (χ2v) is 5.47. The number of carbonyl (C=O) groups is 1. The molecule has 0 aliphatic rings. The van der Waals surface area contributed by atoms with Gasteiger partial charge in [0.25, 0.3) is 0 Å². The second-order valence-electron chi connectivity index (χ2n) is 5.47. The SMILES string of the molecule is C=C(/C=C/CC(O)c1ccccc1)CCOC(=O)c1ccccc1. The Hall–Kier alpha value is -2.65. The number of hydrogen-bond donors (Lipinski definition) is 1. The molecule has 2 aromatic rings. The van der Waals surface area contributed by atoms with Crippen molar-refractivity contribution in [3.8, 4) is 0 Å². The quantitative estimate of drug-likeness (QED) is 0.576. The predicted molar refractivity (Wildman–Crippen MR) is 95.6 cm³/mol. The van der Waals surface area contributed by atoms with Gasteiger partial charge in [0, 0.05) is 6.42 Å². The molecule has 3 heteroatoms. The highest BCUT2D eigenvalue weighted by Gasteiger charge is 2.06. The van der Waals surface area contributed by atoms with E-state index < -0.39 is 6.10 Å². The largest absolute Gasteiger partial charge is 0.462 e. The Kier molecular flexibility index (Phi) is 6.99. The van der Waals surface area contributed by atoms with Crippen LogP contribution < -0.4 is 0 Å². The molecule has 1 N–H and O–H groups in total. The van der Waals surface area contributed by atoms with Gasteiger partial charge in [0.1, 0.15) is 0 Å². The van der Waals surface area contributed by atoms with E-state index >= 15 is 0 Å². The van der Waals surface area contributed by atoms with Gasteiger partial charge in [0.15, 0.2) is 0 Å². The van der Waals surface area contributed by atoms with E-state index in [1.807, 2.05) is 48.6 Å². The molecule has 1 unspecified atom stereocenters. The molecule has 0 aromatic heterocycles. The average molecular weight is 322 g/mol. The van der Waals surface area contributed by atoms with E-state index in [-0.39, 0.29) is 12.6 Å². The summed E-state index contributed by atoms with van der Waals surface area (Å²) in [5, 5.41) is 10.1. The van der Waals surface area contributed by atoms with Crippen LogP contribution in [0.2, 0.25) is 0 Å². The summed E-state index contributed by atoms with van der Waals surface area (Å²) in [5.74, 6) is -0.327. The van der Waals surface area contributed by atoms with Crippen molar-refractivity contribution in [2.24, 2.45) is 0 Å². The van der Waals surface area contributed by atoms with Crippen molar-refractivity contribution >= 4 is 5.97 Å². The molecular formula is C21H22O3. The van der Waals surface area contributed by atoms with E-state index in [1.165, 1.54) is 0 Å². The van der Waals surface area contributed by atoms with Gasteiger partial charge in [-0.05, 0) is 24.1 Å². The predicted octanol–water partition coefficient (Wildman–Crippen LogP) is 4.47. The van der Waals surface area contributed by atoms with Gasteiger partial charge in [-0.3, -0.25) is 0 Å². The Morgan fingerprint density at radius 1 is 1.08 bits per heavy atom. The van der Waals surface area contributed by atoms with Gasteiger partial charge in [0.2, 0.25) is 0 Å². The maximum absolute atomic E-state index is 11.8. The lowest BCUT2D eigenvalue weighted by atomic mass is 10.1. The molecule has 3 nitrogen and oxygen atoms in total. The fourth-order valence-corrected chi connectivity index (χ4v) is 2.19. The molecule has 0 spiro atoms. The standard InChI is InChI=1S/C21H22O3/c1-17(9-8-14-20(22)18-10-4-2-5-11-18)15-16-24-21(23)19-12-6-3-7-13-19/h2-13,20,22H,1,14-16H2/b9-8+. The summed E-state index contributed by atoms with van der Waals surface area (Å²) in [5.41, 5.74) is 2.30. The van der Waals surface area contributed by atoms with Crippen molar-refractivity contribution in [1.29, 1.82) is 0 Å². The van der Waals surface area contributed by atoms with E-state index in [1.54, 1.807) is 24.3 Å². The van der Waals surface area contributed by atoms with Crippen LogP contribution in [0.1, 0.15) is 34.9 Å². The fourth-order valence-electron chi connectivity index (χ4n) is 2.19. The maximum Gasteiger partial charge on any atom is 0.338 e. The molecule has 124 valence electrons. The normalized spacial score (nSPS) is 12.0. The zero-order valence-corrected chi connectivity index (χ0v) is 13.6. The van der Waals surface area contributed by atoms with Crippen molar-refractivity contribution in [3.05, 3.63) is 96.1 Å². The van der Waals surface area contributed by atoms with Crippen molar-refractivity contribution in [3.63, 3.8) is 0 Å². The molecule has 0 saturated heterocycles. The Balaban J connectivity index is 1.69. The minimum Gasteiger partial charge on any atom is -0.462 e.